The summed E-state index contributed by atoms with van der Waals surface area (Å²) in [6.07, 6.45) is 82.3. The smallest absolute Gasteiger partial charge is 0.462 e. The van der Waals surface area contributed by atoms with Crippen molar-refractivity contribution in [1.29, 1.82) is 0 Å². The summed E-state index contributed by atoms with van der Waals surface area (Å²) in [5.41, 5.74) is 0. The van der Waals surface area contributed by atoms with E-state index in [0.29, 0.717) is 25.7 Å². The molecule has 0 heterocycles. The van der Waals surface area contributed by atoms with Gasteiger partial charge in [-0.25, -0.2) is 9.13 Å². The van der Waals surface area contributed by atoms with Crippen LogP contribution < -0.4 is 0 Å². The van der Waals surface area contributed by atoms with Crippen molar-refractivity contribution in [2.24, 2.45) is 0 Å². The minimum Gasteiger partial charge on any atom is -0.462 e. The Hall–Kier alpha value is -1.94. The quantitative estimate of drug-likeness (QED) is 0.0222. The van der Waals surface area contributed by atoms with Crippen molar-refractivity contribution >= 4 is 39.5 Å². The van der Waals surface area contributed by atoms with Crippen LogP contribution in [0.5, 0.6) is 0 Å². The van der Waals surface area contributed by atoms with Crippen molar-refractivity contribution in [2.75, 3.05) is 39.6 Å². The molecule has 0 aliphatic carbocycles. The van der Waals surface area contributed by atoms with Gasteiger partial charge < -0.3 is 33.8 Å². The second-order valence-electron chi connectivity index (χ2n) is 32.7. The zero-order chi connectivity index (χ0) is 80.3. The van der Waals surface area contributed by atoms with Crippen molar-refractivity contribution in [1.82, 2.24) is 0 Å². The summed E-state index contributed by atoms with van der Waals surface area (Å²) in [6, 6.07) is 0. The SMILES string of the molecule is CCCCCCCCCCCCCCCCCCCCCCCCC(=O)O[C@H](COC(=O)CCCCCCCCCCCCCCCCCCCCCCC)COP(=O)(O)OC[C@@H](O)COP(=O)(O)OC[C@@H](COC(=O)CCCCCCCCCC)OC(=O)CCCCCCCCCCCCCCCCCCCCC. The molecule has 0 saturated heterocycles. The van der Waals surface area contributed by atoms with E-state index in [9.17, 15) is 43.2 Å². The molecule has 5 atom stereocenters. The van der Waals surface area contributed by atoms with E-state index >= 15 is 0 Å². The molecule has 0 amide bonds. The van der Waals surface area contributed by atoms with Gasteiger partial charge in [-0.05, 0) is 25.7 Å². The zero-order valence-electron chi connectivity index (χ0n) is 72.3. The van der Waals surface area contributed by atoms with Crippen LogP contribution in [0.3, 0.4) is 0 Å². The first kappa shape index (κ1) is 108. The molecule has 17 nitrogen and oxygen atoms in total. The van der Waals surface area contributed by atoms with Gasteiger partial charge in [-0.1, -0.05) is 451 Å². The average molecular weight is 1610 g/mol. The second-order valence-corrected chi connectivity index (χ2v) is 35.6. The highest BCUT2D eigenvalue weighted by Crippen LogP contribution is 2.45. The molecule has 0 radical (unpaired) electrons. The molecule has 0 aromatic heterocycles. The van der Waals surface area contributed by atoms with E-state index in [-0.39, 0.29) is 25.7 Å². The number of hydrogen-bond donors (Lipinski definition) is 3. The molecule has 0 spiro atoms. The molecule has 0 aliphatic rings. The standard InChI is InChI=1S/C91H178O17P2/c1-5-9-13-17-21-25-28-31-34-37-40-42-44-47-50-53-56-59-62-66-70-74-78-91(96)108-87(82-102-89(94)76-72-68-64-60-57-54-51-48-46-43-41-38-35-32-29-26-22-18-14-10-6-2)84-106-110(99,100)104-80-85(92)79-103-109(97,98)105-83-86(81-101-88(93)75-71-67-63-24-20-16-12-8-4)107-90(95)77-73-69-65-61-58-55-52-49-45-39-36-33-30-27-23-19-15-11-7-3/h85-87,92H,5-84H2,1-4H3,(H,97,98)(H,99,100)/t85-,86+,87+/m0/s1. The number of unbranched alkanes of at least 4 members (excludes halogenated alkanes) is 66. The molecule has 0 fully saturated rings. The van der Waals surface area contributed by atoms with Gasteiger partial charge in [0, 0.05) is 25.7 Å². The molecule has 110 heavy (non-hydrogen) atoms. The number of carbonyl (C=O) groups excluding carboxylic acids is 4. The summed E-state index contributed by atoms with van der Waals surface area (Å²) in [7, 11) is -9.93. The third-order valence-electron chi connectivity index (χ3n) is 21.6. The fourth-order valence-electron chi connectivity index (χ4n) is 14.4. The van der Waals surface area contributed by atoms with Crippen molar-refractivity contribution in [3.63, 3.8) is 0 Å². The molecule has 0 aromatic carbocycles. The maximum atomic E-state index is 13.2. The summed E-state index contributed by atoms with van der Waals surface area (Å²) < 4.78 is 69.0. The number of aliphatic hydroxyl groups excluding tert-OH is 1. The molecule has 0 rings (SSSR count). The van der Waals surface area contributed by atoms with Crippen LogP contribution in [0.1, 0.15) is 503 Å². The zero-order valence-corrected chi connectivity index (χ0v) is 74.0. The van der Waals surface area contributed by atoms with Gasteiger partial charge in [0.15, 0.2) is 12.2 Å². The lowest BCUT2D eigenvalue weighted by molar-refractivity contribution is -0.161. The summed E-state index contributed by atoms with van der Waals surface area (Å²) in [4.78, 5) is 73.3. The third-order valence-corrected chi connectivity index (χ3v) is 23.5. The van der Waals surface area contributed by atoms with Crippen LogP contribution in [0.15, 0.2) is 0 Å². The molecule has 0 saturated carbocycles. The molecular formula is C91H178O17P2. The van der Waals surface area contributed by atoms with Crippen LogP contribution in [0, 0.1) is 0 Å². The number of aliphatic hydroxyl groups is 1. The van der Waals surface area contributed by atoms with Gasteiger partial charge in [-0.3, -0.25) is 37.3 Å². The maximum absolute atomic E-state index is 13.2. The van der Waals surface area contributed by atoms with E-state index in [1.54, 1.807) is 0 Å². The van der Waals surface area contributed by atoms with Crippen molar-refractivity contribution in [3.05, 3.63) is 0 Å². The third kappa shape index (κ3) is 84.0. The van der Waals surface area contributed by atoms with E-state index in [2.05, 4.69) is 27.7 Å². The first-order valence-electron chi connectivity index (χ1n) is 47.3. The van der Waals surface area contributed by atoms with Gasteiger partial charge in [-0.2, -0.15) is 0 Å². The second kappa shape index (κ2) is 85.0. The largest absolute Gasteiger partial charge is 0.472 e. The van der Waals surface area contributed by atoms with Crippen molar-refractivity contribution in [3.8, 4) is 0 Å². The minimum atomic E-state index is -4.97. The Labute approximate surface area is 677 Å². The highest BCUT2D eigenvalue weighted by Gasteiger charge is 2.31. The van der Waals surface area contributed by atoms with Gasteiger partial charge in [0.05, 0.1) is 26.4 Å². The lowest BCUT2D eigenvalue weighted by Crippen LogP contribution is -2.30. The van der Waals surface area contributed by atoms with E-state index in [1.807, 2.05) is 0 Å². The molecule has 654 valence electrons. The van der Waals surface area contributed by atoms with Gasteiger partial charge in [-0.15, -0.1) is 0 Å². The van der Waals surface area contributed by atoms with Gasteiger partial charge in [0.1, 0.15) is 19.3 Å². The highest BCUT2D eigenvalue weighted by atomic mass is 31.2. The van der Waals surface area contributed by atoms with Crippen LogP contribution in [0.2, 0.25) is 0 Å². The summed E-state index contributed by atoms with van der Waals surface area (Å²) in [5, 5.41) is 10.7. The van der Waals surface area contributed by atoms with Crippen LogP contribution in [-0.2, 0) is 65.4 Å². The Kier molecular flexibility index (Phi) is 83.5. The van der Waals surface area contributed by atoms with Crippen molar-refractivity contribution < 1.29 is 80.2 Å². The Morgan fingerprint density at radius 3 is 0.536 bits per heavy atom. The lowest BCUT2D eigenvalue weighted by atomic mass is 10.0. The number of ether oxygens (including phenoxy) is 4. The van der Waals surface area contributed by atoms with E-state index in [1.165, 1.54) is 334 Å². The van der Waals surface area contributed by atoms with Gasteiger partial charge >= 0.3 is 39.5 Å². The first-order chi connectivity index (χ1) is 53.7. The van der Waals surface area contributed by atoms with Crippen LogP contribution in [0.4, 0.5) is 0 Å². The number of esters is 4. The van der Waals surface area contributed by atoms with Crippen LogP contribution in [0.25, 0.3) is 0 Å². The number of phosphoric ester groups is 2. The fraction of sp³-hybridized carbons (Fsp3) is 0.956. The number of hydrogen-bond acceptors (Lipinski definition) is 15. The minimum absolute atomic E-state index is 0.109. The van der Waals surface area contributed by atoms with E-state index < -0.39 is 97.5 Å². The summed E-state index contributed by atoms with van der Waals surface area (Å²) >= 11 is 0. The molecule has 2 unspecified atom stereocenters. The Bertz CT molecular complexity index is 2070. The molecule has 0 aromatic rings. The first-order valence-corrected chi connectivity index (χ1v) is 50.3. The van der Waals surface area contributed by atoms with Crippen molar-refractivity contribution in [2.45, 2.75) is 521 Å². The van der Waals surface area contributed by atoms with Crippen LogP contribution >= 0.6 is 15.6 Å². The average Bonchev–Trinajstić information content (AvgIpc) is 0.898. The summed E-state index contributed by atoms with van der Waals surface area (Å²) in [5.74, 6) is -2.10. The molecular weight excluding hydrogens is 1430 g/mol. The Morgan fingerprint density at radius 1 is 0.218 bits per heavy atom. The predicted molar refractivity (Wildman–Crippen MR) is 455 cm³/mol. The number of carbonyl (C=O) groups is 4. The highest BCUT2D eigenvalue weighted by molar-refractivity contribution is 7.47. The van der Waals surface area contributed by atoms with E-state index in [4.69, 9.17) is 37.0 Å². The van der Waals surface area contributed by atoms with E-state index in [0.717, 1.165) is 89.9 Å². The molecule has 0 bridgehead atoms. The summed E-state index contributed by atoms with van der Waals surface area (Å²) in [6.45, 7) is 5.05. The topological polar surface area (TPSA) is 237 Å². The maximum Gasteiger partial charge on any atom is 0.472 e. The predicted octanol–water partition coefficient (Wildman–Crippen LogP) is 28.5. The number of rotatable bonds is 92. The van der Waals surface area contributed by atoms with Gasteiger partial charge in [0.25, 0.3) is 0 Å². The molecule has 3 N–H and O–H groups in total. The Balaban J connectivity index is 5.16. The van der Waals surface area contributed by atoms with Gasteiger partial charge in [0.2, 0.25) is 0 Å². The number of phosphoric acid groups is 2. The molecule has 0 aliphatic heterocycles. The Morgan fingerprint density at radius 2 is 0.364 bits per heavy atom. The van der Waals surface area contributed by atoms with Crippen LogP contribution in [-0.4, -0.2) is 96.7 Å². The molecule has 19 heteroatoms. The normalized spacial score (nSPS) is 13.6. The monoisotopic (exact) mass is 1610 g/mol. The lowest BCUT2D eigenvalue weighted by Gasteiger charge is -2.21. The fourth-order valence-corrected chi connectivity index (χ4v) is 16.0.